The summed E-state index contributed by atoms with van der Waals surface area (Å²) in [5.41, 5.74) is 12.8. The Morgan fingerprint density at radius 1 is 1.09 bits per heavy atom. The molecule has 0 radical (unpaired) electrons. The molecule has 2 atom stereocenters. The quantitative estimate of drug-likeness (QED) is 0.750. The standard InChI is InChI=1S/C16H22N4O2/c17-15(21)12-6-8-20(9-7-12)16(22)14-10-13(18-19-14)11-4-2-1-3-5-11/h1-5,12-14,18-19H,6-10H2,(H2,17,21). The van der Waals surface area contributed by atoms with Crippen molar-refractivity contribution < 1.29 is 9.59 Å². The van der Waals surface area contributed by atoms with Gasteiger partial charge in [0.2, 0.25) is 11.8 Å². The van der Waals surface area contributed by atoms with Crippen LogP contribution in [0.3, 0.4) is 0 Å². The number of nitrogens with two attached hydrogens (primary N) is 1. The maximum absolute atomic E-state index is 12.6. The molecule has 0 spiro atoms. The van der Waals surface area contributed by atoms with Crippen LogP contribution in [-0.2, 0) is 9.59 Å². The number of hydrazine groups is 1. The molecule has 6 heteroatoms. The number of piperidine rings is 1. The van der Waals surface area contributed by atoms with Gasteiger partial charge >= 0.3 is 0 Å². The van der Waals surface area contributed by atoms with Crippen LogP contribution in [0.25, 0.3) is 0 Å². The van der Waals surface area contributed by atoms with E-state index >= 15 is 0 Å². The first-order valence-electron chi connectivity index (χ1n) is 7.79. The number of carbonyl (C=O) groups is 2. The SMILES string of the molecule is NC(=O)C1CCN(C(=O)C2CC(c3ccccc3)NN2)CC1. The van der Waals surface area contributed by atoms with Crippen LogP contribution >= 0.6 is 0 Å². The predicted octanol–water partition coefficient (Wildman–Crippen LogP) is 0.318. The lowest BCUT2D eigenvalue weighted by atomic mass is 9.95. The monoisotopic (exact) mass is 302 g/mol. The highest BCUT2D eigenvalue weighted by Crippen LogP contribution is 2.24. The molecule has 0 bridgehead atoms. The molecule has 0 saturated carbocycles. The predicted molar refractivity (Wildman–Crippen MR) is 82.4 cm³/mol. The lowest BCUT2D eigenvalue weighted by Crippen LogP contribution is -2.49. The van der Waals surface area contributed by atoms with Gasteiger partial charge in [0.05, 0.1) is 0 Å². The minimum atomic E-state index is -0.253. The molecule has 2 saturated heterocycles. The smallest absolute Gasteiger partial charge is 0.241 e. The van der Waals surface area contributed by atoms with Crippen molar-refractivity contribution in [3.8, 4) is 0 Å². The first-order chi connectivity index (χ1) is 10.6. The highest BCUT2D eigenvalue weighted by atomic mass is 16.2. The molecular weight excluding hydrogens is 280 g/mol. The molecule has 2 amide bonds. The van der Waals surface area contributed by atoms with Crippen molar-refractivity contribution in [3.63, 3.8) is 0 Å². The molecule has 3 rings (SSSR count). The van der Waals surface area contributed by atoms with E-state index in [4.69, 9.17) is 5.73 Å². The van der Waals surface area contributed by atoms with Crippen LogP contribution in [0.4, 0.5) is 0 Å². The molecule has 2 aliphatic rings. The lowest BCUT2D eigenvalue weighted by Gasteiger charge is -2.32. The van der Waals surface area contributed by atoms with Crippen LogP contribution < -0.4 is 16.6 Å². The van der Waals surface area contributed by atoms with Gasteiger partial charge in [0.1, 0.15) is 6.04 Å². The molecule has 2 heterocycles. The van der Waals surface area contributed by atoms with Gasteiger partial charge in [0.15, 0.2) is 0 Å². The van der Waals surface area contributed by atoms with E-state index in [1.54, 1.807) is 0 Å². The Balaban J connectivity index is 1.55. The molecule has 118 valence electrons. The molecule has 2 unspecified atom stereocenters. The van der Waals surface area contributed by atoms with E-state index in [0.29, 0.717) is 25.9 Å². The van der Waals surface area contributed by atoms with Crippen LogP contribution in [0.2, 0.25) is 0 Å². The number of primary amides is 1. The first kappa shape index (κ1) is 15.0. The van der Waals surface area contributed by atoms with E-state index in [1.807, 2.05) is 23.1 Å². The zero-order valence-electron chi connectivity index (χ0n) is 12.5. The Kier molecular flexibility index (Phi) is 4.40. The van der Waals surface area contributed by atoms with Gasteiger partial charge in [-0.3, -0.25) is 9.59 Å². The van der Waals surface area contributed by atoms with Crippen molar-refractivity contribution in [1.82, 2.24) is 15.8 Å². The van der Waals surface area contributed by atoms with Crippen molar-refractivity contribution >= 4 is 11.8 Å². The minimum Gasteiger partial charge on any atom is -0.369 e. The Labute approximate surface area is 130 Å². The van der Waals surface area contributed by atoms with E-state index in [2.05, 4.69) is 23.0 Å². The van der Waals surface area contributed by atoms with Crippen molar-refractivity contribution in [2.75, 3.05) is 13.1 Å². The van der Waals surface area contributed by atoms with Crippen LogP contribution in [0, 0.1) is 5.92 Å². The fraction of sp³-hybridized carbons (Fsp3) is 0.500. The van der Waals surface area contributed by atoms with Gasteiger partial charge in [-0.2, -0.15) is 0 Å². The van der Waals surface area contributed by atoms with Crippen molar-refractivity contribution in [3.05, 3.63) is 35.9 Å². The molecule has 2 fully saturated rings. The van der Waals surface area contributed by atoms with Gasteiger partial charge in [-0.1, -0.05) is 30.3 Å². The van der Waals surface area contributed by atoms with E-state index in [-0.39, 0.29) is 29.8 Å². The van der Waals surface area contributed by atoms with Crippen molar-refractivity contribution in [2.45, 2.75) is 31.3 Å². The Morgan fingerprint density at radius 2 is 1.77 bits per heavy atom. The van der Waals surface area contributed by atoms with E-state index < -0.39 is 0 Å². The third kappa shape index (κ3) is 3.13. The molecule has 0 aromatic heterocycles. The summed E-state index contributed by atoms with van der Waals surface area (Å²) in [6, 6.07) is 10.0. The van der Waals surface area contributed by atoms with Gasteiger partial charge < -0.3 is 10.6 Å². The molecule has 1 aromatic carbocycles. The summed E-state index contributed by atoms with van der Waals surface area (Å²) < 4.78 is 0. The number of rotatable bonds is 3. The van der Waals surface area contributed by atoms with Crippen LogP contribution in [-0.4, -0.2) is 35.8 Å². The summed E-state index contributed by atoms with van der Waals surface area (Å²) in [6.07, 6.45) is 2.07. The van der Waals surface area contributed by atoms with E-state index in [1.165, 1.54) is 5.56 Å². The zero-order chi connectivity index (χ0) is 15.5. The molecule has 6 nitrogen and oxygen atoms in total. The fourth-order valence-corrected chi connectivity index (χ4v) is 3.23. The number of likely N-dealkylation sites (tertiary alicyclic amines) is 1. The number of amides is 2. The second-order valence-corrected chi connectivity index (χ2v) is 6.04. The van der Waals surface area contributed by atoms with Gasteiger partial charge in [0, 0.05) is 25.0 Å². The summed E-state index contributed by atoms with van der Waals surface area (Å²) in [6.45, 7) is 1.22. The maximum atomic E-state index is 12.6. The van der Waals surface area contributed by atoms with E-state index in [0.717, 1.165) is 6.42 Å². The molecule has 4 N–H and O–H groups in total. The summed E-state index contributed by atoms with van der Waals surface area (Å²) in [5.74, 6) is -0.235. The maximum Gasteiger partial charge on any atom is 0.241 e. The number of hydrogen-bond acceptors (Lipinski definition) is 4. The largest absolute Gasteiger partial charge is 0.369 e. The van der Waals surface area contributed by atoms with Gasteiger partial charge in [-0.15, -0.1) is 0 Å². The number of nitrogens with one attached hydrogen (secondary N) is 2. The first-order valence-corrected chi connectivity index (χ1v) is 7.79. The van der Waals surface area contributed by atoms with Gasteiger partial charge in [-0.05, 0) is 24.8 Å². The van der Waals surface area contributed by atoms with Crippen molar-refractivity contribution in [2.24, 2.45) is 11.7 Å². The molecule has 0 aliphatic carbocycles. The minimum absolute atomic E-state index is 0.0872. The molecular formula is C16H22N4O2. The fourth-order valence-electron chi connectivity index (χ4n) is 3.23. The van der Waals surface area contributed by atoms with Crippen LogP contribution in [0.15, 0.2) is 30.3 Å². The number of benzene rings is 1. The van der Waals surface area contributed by atoms with Gasteiger partial charge in [-0.25, -0.2) is 10.9 Å². The Morgan fingerprint density at radius 3 is 2.41 bits per heavy atom. The Bertz CT molecular complexity index is 540. The average molecular weight is 302 g/mol. The zero-order valence-corrected chi connectivity index (χ0v) is 12.5. The number of carbonyl (C=O) groups excluding carboxylic acids is 2. The lowest BCUT2D eigenvalue weighted by molar-refractivity contribution is -0.136. The number of hydrogen-bond donors (Lipinski definition) is 3. The highest BCUT2D eigenvalue weighted by Gasteiger charge is 2.34. The second kappa shape index (κ2) is 6.46. The molecule has 1 aromatic rings. The highest BCUT2D eigenvalue weighted by molar-refractivity contribution is 5.83. The third-order valence-corrected chi connectivity index (χ3v) is 4.61. The number of nitrogens with zero attached hydrogens (tertiary/aromatic N) is 1. The topological polar surface area (TPSA) is 87.5 Å². The van der Waals surface area contributed by atoms with Crippen LogP contribution in [0.1, 0.15) is 30.9 Å². The van der Waals surface area contributed by atoms with Crippen LogP contribution in [0.5, 0.6) is 0 Å². The van der Waals surface area contributed by atoms with Crippen molar-refractivity contribution in [1.29, 1.82) is 0 Å². The molecule has 2 aliphatic heterocycles. The van der Waals surface area contributed by atoms with Gasteiger partial charge in [0.25, 0.3) is 0 Å². The summed E-state index contributed by atoms with van der Waals surface area (Å²) in [4.78, 5) is 25.6. The Hall–Kier alpha value is -1.92. The second-order valence-electron chi connectivity index (χ2n) is 6.04. The third-order valence-electron chi connectivity index (χ3n) is 4.61. The average Bonchev–Trinajstić information content (AvgIpc) is 3.05. The summed E-state index contributed by atoms with van der Waals surface area (Å²) in [7, 11) is 0. The molecule has 22 heavy (non-hydrogen) atoms. The summed E-state index contributed by atoms with van der Waals surface area (Å²) >= 11 is 0. The normalized spacial score (nSPS) is 26.1. The summed E-state index contributed by atoms with van der Waals surface area (Å²) in [5, 5.41) is 0. The van der Waals surface area contributed by atoms with E-state index in [9.17, 15) is 9.59 Å².